The van der Waals surface area contributed by atoms with Gasteiger partial charge in [-0.25, -0.2) is 0 Å². The Morgan fingerprint density at radius 2 is 1.84 bits per heavy atom. The van der Waals surface area contributed by atoms with Crippen LogP contribution in [0.5, 0.6) is 0 Å². The van der Waals surface area contributed by atoms with Gasteiger partial charge >= 0.3 is 0 Å². The average molecular weight is 258 g/mol. The molecule has 104 valence electrons. The fourth-order valence-electron chi connectivity index (χ4n) is 4.11. The molecule has 0 spiro atoms. The molecule has 0 aliphatic heterocycles. The highest BCUT2D eigenvalue weighted by Crippen LogP contribution is 2.60. The van der Waals surface area contributed by atoms with E-state index in [4.69, 9.17) is 0 Å². The Morgan fingerprint density at radius 1 is 1.16 bits per heavy atom. The molecule has 1 N–H and O–H groups in total. The molecule has 3 unspecified atom stereocenters. The van der Waals surface area contributed by atoms with Crippen molar-refractivity contribution in [1.29, 1.82) is 0 Å². The molecule has 2 aliphatic carbocycles. The van der Waals surface area contributed by atoms with Gasteiger partial charge in [0.25, 0.3) is 0 Å². The molecule has 2 aliphatic rings. The lowest BCUT2D eigenvalue weighted by Gasteiger charge is -2.13. The second-order valence-electron chi connectivity index (χ2n) is 6.98. The monoisotopic (exact) mass is 258 g/mol. The van der Waals surface area contributed by atoms with Crippen molar-refractivity contribution < 1.29 is 5.11 Å². The van der Waals surface area contributed by atoms with Gasteiger partial charge in [-0.15, -0.1) is 0 Å². The van der Waals surface area contributed by atoms with E-state index >= 15 is 0 Å². The van der Waals surface area contributed by atoms with Crippen LogP contribution >= 0.6 is 0 Å². The summed E-state index contributed by atoms with van der Waals surface area (Å²) in [5.74, 6) is 2.86. The normalized spacial score (nSPS) is 31.1. The zero-order valence-electron chi connectivity index (χ0n) is 12.2. The Morgan fingerprint density at radius 3 is 2.47 bits per heavy atom. The van der Waals surface area contributed by atoms with Crippen LogP contribution in [0.3, 0.4) is 0 Å². The summed E-state index contributed by atoms with van der Waals surface area (Å²) in [6.45, 7) is 4.50. The minimum Gasteiger partial charge on any atom is -0.388 e. The van der Waals surface area contributed by atoms with Crippen LogP contribution in [0.25, 0.3) is 0 Å². The summed E-state index contributed by atoms with van der Waals surface area (Å²) in [5, 5.41) is 10.6. The van der Waals surface area contributed by atoms with E-state index in [0.717, 1.165) is 23.8 Å². The summed E-state index contributed by atoms with van der Waals surface area (Å²) in [7, 11) is 0. The number of aliphatic hydroxyl groups is 1. The molecule has 1 aromatic carbocycles. The largest absolute Gasteiger partial charge is 0.388 e. The summed E-state index contributed by atoms with van der Waals surface area (Å²) in [6, 6.07) is 8.65. The maximum atomic E-state index is 10.6. The zero-order chi connectivity index (χ0) is 13.4. The van der Waals surface area contributed by atoms with Crippen LogP contribution in [0.15, 0.2) is 24.3 Å². The number of hydrogen-bond acceptors (Lipinski definition) is 1. The molecule has 2 saturated carbocycles. The van der Waals surface area contributed by atoms with Crippen LogP contribution in [0.1, 0.15) is 56.8 Å². The average Bonchev–Trinajstić information content (AvgIpc) is 3.11. The Kier molecular flexibility index (Phi) is 3.66. The fraction of sp³-hybridized carbons (Fsp3) is 0.667. The molecular weight excluding hydrogens is 232 g/mol. The van der Waals surface area contributed by atoms with Crippen molar-refractivity contribution in [2.24, 2.45) is 23.7 Å². The van der Waals surface area contributed by atoms with Gasteiger partial charge in [0, 0.05) is 0 Å². The molecule has 0 aromatic heterocycles. The molecular formula is C18H26O. The topological polar surface area (TPSA) is 20.2 Å². The Bertz CT molecular complexity index is 425. The molecule has 3 rings (SSSR count). The van der Waals surface area contributed by atoms with Crippen LogP contribution in [-0.2, 0) is 6.42 Å². The molecule has 0 amide bonds. The van der Waals surface area contributed by atoms with Crippen molar-refractivity contribution in [3.63, 3.8) is 0 Å². The van der Waals surface area contributed by atoms with Gasteiger partial charge in [0.2, 0.25) is 0 Å². The predicted molar refractivity (Wildman–Crippen MR) is 78.9 cm³/mol. The second-order valence-corrected chi connectivity index (χ2v) is 6.98. The summed E-state index contributed by atoms with van der Waals surface area (Å²) >= 11 is 0. The van der Waals surface area contributed by atoms with Gasteiger partial charge in [-0.05, 0) is 54.1 Å². The molecule has 1 aromatic rings. The van der Waals surface area contributed by atoms with E-state index in [2.05, 4.69) is 38.1 Å². The minimum absolute atomic E-state index is 0.222. The smallest absolute Gasteiger partial charge is 0.0823 e. The lowest BCUT2D eigenvalue weighted by molar-refractivity contribution is 0.142. The minimum atomic E-state index is -0.222. The molecule has 1 nitrogen and oxygen atoms in total. The lowest BCUT2D eigenvalue weighted by atomic mass is 9.97. The van der Waals surface area contributed by atoms with Gasteiger partial charge < -0.3 is 5.11 Å². The first-order valence-corrected chi connectivity index (χ1v) is 7.93. The molecule has 3 atom stereocenters. The first-order chi connectivity index (χ1) is 9.16. The van der Waals surface area contributed by atoms with E-state index in [9.17, 15) is 5.11 Å². The van der Waals surface area contributed by atoms with E-state index in [1.807, 2.05) is 0 Å². The third-order valence-electron chi connectivity index (χ3n) is 5.02. The molecule has 1 heteroatoms. The summed E-state index contributed by atoms with van der Waals surface area (Å²) < 4.78 is 0. The zero-order valence-corrected chi connectivity index (χ0v) is 12.2. The van der Waals surface area contributed by atoms with Crippen LogP contribution in [-0.4, -0.2) is 5.11 Å². The number of rotatable bonds is 4. The first kappa shape index (κ1) is 13.2. The van der Waals surface area contributed by atoms with Crippen molar-refractivity contribution in [3.8, 4) is 0 Å². The van der Waals surface area contributed by atoms with Crippen LogP contribution in [0.2, 0.25) is 0 Å². The molecule has 2 fully saturated rings. The number of hydrogen-bond donors (Lipinski definition) is 1. The number of aliphatic hydroxyl groups excluding tert-OH is 1. The molecule has 0 heterocycles. The van der Waals surface area contributed by atoms with Crippen molar-refractivity contribution >= 4 is 0 Å². The Hall–Kier alpha value is -0.820. The third kappa shape index (κ3) is 2.72. The van der Waals surface area contributed by atoms with Crippen LogP contribution in [0, 0.1) is 23.7 Å². The van der Waals surface area contributed by atoms with Gasteiger partial charge in [-0.2, -0.15) is 0 Å². The van der Waals surface area contributed by atoms with E-state index < -0.39 is 0 Å². The standard InChI is InChI=1S/C18H26O/c1-12(2)10-13-6-5-7-14(11-13)18(19)17-15-8-3-4-9-16(15)17/h5-7,11-12,15-19H,3-4,8-10H2,1-2H3. The SMILES string of the molecule is CC(C)Cc1cccc(C(O)C2C3CCCCC32)c1. The van der Waals surface area contributed by atoms with E-state index in [1.165, 1.54) is 31.2 Å². The van der Waals surface area contributed by atoms with E-state index in [0.29, 0.717) is 11.8 Å². The third-order valence-corrected chi connectivity index (χ3v) is 5.02. The molecule has 0 bridgehead atoms. The van der Waals surface area contributed by atoms with Crippen molar-refractivity contribution in [1.82, 2.24) is 0 Å². The van der Waals surface area contributed by atoms with Gasteiger partial charge in [0.1, 0.15) is 0 Å². The molecule has 19 heavy (non-hydrogen) atoms. The van der Waals surface area contributed by atoms with Crippen LogP contribution < -0.4 is 0 Å². The Balaban J connectivity index is 1.71. The summed E-state index contributed by atoms with van der Waals surface area (Å²) in [4.78, 5) is 0. The van der Waals surface area contributed by atoms with Crippen molar-refractivity contribution in [2.75, 3.05) is 0 Å². The first-order valence-electron chi connectivity index (χ1n) is 7.93. The number of fused-ring (bicyclic) bond motifs is 1. The maximum Gasteiger partial charge on any atom is 0.0823 e. The highest BCUT2D eigenvalue weighted by molar-refractivity contribution is 5.27. The van der Waals surface area contributed by atoms with Crippen LogP contribution in [0.4, 0.5) is 0 Å². The maximum absolute atomic E-state index is 10.6. The summed E-state index contributed by atoms with van der Waals surface area (Å²) in [6.07, 6.45) is 6.32. The van der Waals surface area contributed by atoms with Crippen molar-refractivity contribution in [2.45, 2.75) is 52.1 Å². The molecule has 0 saturated heterocycles. The lowest BCUT2D eigenvalue weighted by Crippen LogP contribution is -2.04. The number of benzene rings is 1. The van der Waals surface area contributed by atoms with Gasteiger partial charge in [-0.1, -0.05) is 51.0 Å². The van der Waals surface area contributed by atoms with E-state index in [-0.39, 0.29) is 6.10 Å². The molecule has 0 radical (unpaired) electrons. The van der Waals surface area contributed by atoms with Crippen molar-refractivity contribution in [3.05, 3.63) is 35.4 Å². The highest BCUT2D eigenvalue weighted by atomic mass is 16.3. The predicted octanol–water partition coefficient (Wildman–Crippen LogP) is 4.35. The van der Waals surface area contributed by atoms with Gasteiger partial charge in [-0.3, -0.25) is 0 Å². The van der Waals surface area contributed by atoms with Gasteiger partial charge in [0.15, 0.2) is 0 Å². The second kappa shape index (κ2) is 5.28. The van der Waals surface area contributed by atoms with Gasteiger partial charge in [0.05, 0.1) is 6.10 Å². The highest BCUT2D eigenvalue weighted by Gasteiger charge is 2.54. The Labute approximate surface area is 117 Å². The summed E-state index contributed by atoms with van der Waals surface area (Å²) in [5.41, 5.74) is 2.52. The fourth-order valence-corrected chi connectivity index (χ4v) is 4.11. The quantitative estimate of drug-likeness (QED) is 0.851. The van der Waals surface area contributed by atoms with E-state index in [1.54, 1.807) is 0 Å².